The summed E-state index contributed by atoms with van der Waals surface area (Å²) in [6, 6.07) is 2.21. The molecule has 15 heavy (non-hydrogen) atoms. The Balaban J connectivity index is 2.14. The molecule has 0 atom stereocenters. The Hall–Kier alpha value is -0.410. The van der Waals surface area contributed by atoms with E-state index < -0.39 is 0 Å². The molecular weight excluding hydrogens is 204 g/mol. The molecule has 1 N–H and O–H groups in total. The van der Waals surface area contributed by atoms with Crippen molar-refractivity contribution in [2.45, 2.75) is 32.9 Å². The van der Waals surface area contributed by atoms with Gasteiger partial charge < -0.3 is 9.88 Å². The van der Waals surface area contributed by atoms with Gasteiger partial charge in [-0.15, -0.1) is 0 Å². The Morgan fingerprint density at radius 2 is 2.33 bits per heavy atom. The molecular formula is C12H22N2S. The molecule has 2 nitrogen and oxygen atoms in total. The highest BCUT2D eigenvalue weighted by molar-refractivity contribution is 7.98. The van der Waals surface area contributed by atoms with Gasteiger partial charge in [-0.3, -0.25) is 0 Å². The third-order valence-electron chi connectivity index (χ3n) is 2.32. The van der Waals surface area contributed by atoms with Crippen LogP contribution < -0.4 is 5.32 Å². The number of nitrogens with one attached hydrogen (secondary N) is 1. The zero-order valence-corrected chi connectivity index (χ0v) is 10.6. The zero-order chi connectivity index (χ0) is 10.9. The van der Waals surface area contributed by atoms with Crippen LogP contribution >= 0.6 is 11.8 Å². The van der Waals surface area contributed by atoms with E-state index in [1.807, 2.05) is 11.8 Å². The van der Waals surface area contributed by atoms with Crippen molar-refractivity contribution >= 4 is 11.8 Å². The summed E-state index contributed by atoms with van der Waals surface area (Å²) >= 11 is 1.91. The highest BCUT2D eigenvalue weighted by atomic mass is 32.2. The number of aromatic nitrogens is 1. The quantitative estimate of drug-likeness (QED) is 0.686. The minimum atomic E-state index is 1.01. The lowest BCUT2D eigenvalue weighted by molar-refractivity contribution is 0.663. The topological polar surface area (TPSA) is 17.0 Å². The molecule has 3 heteroatoms. The van der Waals surface area contributed by atoms with Crippen molar-refractivity contribution in [2.75, 3.05) is 18.6 Å². The monoisotopic (exact) mass is 226 g/mol. The summed E-state index contributed by atoms with van der Waals surface area (Å²) in [5.74, 6) is 1.25. The van der Waals surface area contributed by atoms with Crippen LogP contribution in [0.1, 0.15) is 25.3 Å². The van der Waals surface area contributed by atoms with Crippen LogP contribution in [0.5, 0.6) is 0 Å². The standard InChI is InChI=1S/C12H22N2S/c1-3-7-14-8-5-12(11-14)10-13-6-4-9-15-2/h5,8,11,13H,3-4,6-7,9-10H2,1-2H3. The third-order valence-corrected chi connectivity index (χ3v) is 3.02. The van der Waals surface area contributed by atoms with Gasteiger partial charge in [0.25, 0.3) is 0 Å². The van der Waals surface area contributed by atoms with Gasteiger partial charge >= 0.3 is 0 Å². The predicted octanol–water partition coefficient (Wildman–Crippen LogP) is 2.74. The van der Waals surface area contributed by atoms with Gasteiger partial charge in [0.1, 0.15) is 0 Å². The molecule has 0 spiro atoms. The third kappa shape index (κ3) is 5.28. The molecule has 1 aromatic heterocycles. The molecule has 0 fully saturated rings. The summed E-state index contributed by atoms with van der Waals surface area (Å²) in [4.78, 5) is 0. The molecule has 0 bridgehead atoms. The zero-order valence-electron chi connectivity index (χ0n) is 9.83. The molecule has 0 aromatic carbocycles. The second-order valence-electron chi connectivity index (χ2n) is 3.78. The summed E-state index contributed by atoms with van der Waals surface area (Å²) < 4.78 is 2.26. The Labute approximate surface area is 97.4 Å². The van der Waals surface area contributed by atoms with Gasteiger partial charge in [-0.25, -0.2) is 0 Å². The first kappa shape index (κ1) is 12.7. The second kappa shape index (κ2) is 7.83. The van der Waals surface area contributed by atoms with Crippen molar-refractivity contribution in [3.05, 3.63) is 24.0 Å². The fourth-order valence-electron chi connectivity index (χ4n) is 1.57. The molecule has 0 radical (unpaired) electrons. The van der Waals surface area contributed by atoms with E-state index in [0.29, 0.717) is 0 Å². The lowest BCUT2D eigenvalue weighted by Crippen LogP contribution is -2.14. The van der Waals surface area contributed by atoms with Crippen molar-refractivity contribution < 1.29 is 0 Å². The molecule has 1 heterocycles. The first-order valence-corrected chi connectivity index (χ1v) is 7.10. The number of hydrogen-bond acceptors (Lipinski definition) is 2. The van der Waals surface area contributed by atoms with Gasteiger partial charge in [-0.05, 0) is 43.0 Å². The van der Waals surface area contributed by atoms with Crippen LogP contribution in [0, 0.1) is 0 Å². The minimum Gasteiger partial charge on any atom is -0.354 e. The molecule has 0 saturated carbocycles. The SMILES string of the molecule is CCCn1ccc(CNCCCSC)c1. The van der Waals surface area contributed by atoms with Crippen LogP contribution in [0.15, 0.2) is 18.5 Å². The van der Waals surface area contributed by atoms with E-state index in [4.69, 9.17) is 0 Å². The molecule has 0 aliphatic rings. The van der Waals surface area contributed by atoms with Gasteiger partial charge in [0.2, 0.25) is 0 Å². The lowest BCUT2D eigenvalue weighted by Gasteiger charge is -2.02. The Morgan fingerprint density at radius 3 is 3.07 bits per heavy atom. The van der Waals surface area contributed by atoms with Gasteiger partial charge in [-0.1, -0.05) is 6.92 Å². The van der Waals surface area contributed by atoms with E-state index in [1.54, 1.807) is 0 Å². The van der Waals surface area contributed by atoms with E-state index in [2.05, 4.69) is 41.5 Å². The van der Waals surface area contributed by atoms with Crippen LogP contribution in [0.25, 0.3) is 0 Å². The van der Waals surface area contributed by atoms with Crippen molar-refractivity contribution in [2.24, 2.45) is 0 Å². The average Bonchev–Trinajstić information content (AvgIpc) is 2.66. The highest BCUT2D eigenvalue weighted by Crippen LogP contribution is 2.02. The van der Waals surface area contributed by atoms with Crippen LogP contribution in [0.4, 0.5) is 0 Å². The highest BCUT2D eigenvalue weighted by Gasteiger charge is 1.95. The number of thioether (sulfide) groups is 1. The minimum absolute atomic E-state index is 1.01. The molecule has 0 saturated heterocycles. The summed E-state index contributed by atoms with van der Waals surface area (Å²) in [7, 11) is 0. The smallest absolute Gasteiger partial charge is 0.0220 e. The molecule has 1 aromatic rings. The van der Waals surface area contributed by atoms with Gasteiger partial charge in [0, 0.05) is 25.5 Å². The maximum Gasteiger partial charge on any atom is 0.0220 e. The second-order valence-corrected chi connectivity index (χ2v) is 4.77. The van der Waals surface area contributed by atoms with Crippen LogP contribution in [-0.4, -0.2) is 23.1 Å². The van der Waals surface area contributed by atoms with E-state index in [0.717, 1.165) is 19.6 Å². The number of nitrogens with zero attached hydrogens (tertiary/aromatic N) is 1. The molecule has 1 rings (SSSR count). The van der Waals surface area contributed by atoms with Crippen molar-refractivity contribution in [1.82, 2.24) is 9.88 Å². The molecule has 86 valence electrons. The largest absolute Gasteiger partial charge is 0.354 e. The first-order valence-electron chi connectivity index (χ1n) is 5.71. The van der Waals surface area contributed by atoms with Crippen molar-refractivity contribution in [3.8, 4) is 0 Å². The summed E-state index contributed by atoms with van der Waals surface area (Å²) in [5, 5.41) is 3.47. The van der Waals surface area contributed by atoms with Crippen molar-refractivity contribution in [1.29, 1.82) is 0 Å². The molecule has 0 aliphatic heterocycles. The van der Waals surface area contributed by atoms with E-state index in [-0.39, 0.29) is 0 Å². The Morgan fingerprint density at radius 1 is 1.47 bits per heavy atom. The average molecular weight is 226 g/mol. The van der Waals surface area contributed by atoms with Gasteiger partial charge in [0.15, 0.2) is 0 Å². The Bertz CT molecular complexity index is 258. The van der Waals surface area contributed by atoms with Gasteiger partial charge in [0.05, 0.1) is 0 Å². The summed E-state index contributed by atoms with van der Waals surface area (Å²) in [6.45, 7) is 5.47. The molecule has 0 aliphatic carbocycles. The van der Waals surface area contributed by atoms with Crippen LogP contribution in [0.2, 0.25) is 0 Å². The molecule has 0 unspecified atom stereocenters. The van der Waals surface area contributed by atoms with Gasteiger partial charge in [-0.2, -0.15) is 11.8 Å². The number of rotatable bonds is 8. The fraction of sp³-hybridized carbons (Fsp3) is 0.667. The maximum atomic E-state index is 3.47. The maximum absolute atomic E-state index is 3.47. The fourth-order valence-corrected chi connectivity index (χ4v) is 2.00. The van der Waals surface area contributed by atoms with E-state index in [1.165, 1.54) is 24.2 Å². The van der Waals surface area contributed by atoms with E-state index in [9.17, 15) is 0 Å². The number of aryl methyl sites for hydroxylation is 1. The predicted molar refractivity (Wildman–Crippen MR) is 69.4 cm³/mol. The van der Waals surface area contributed by atoms with Crippen molar-refractivity contribution in [3.63, 3.8) is 0 Å². The molecule has 0 amide bonds. The summed E-state index contributed by atoms with van der Waals surface area (Å²) in [6.07, 6.45) is 9.03. The lowest BCUT2D eigenvalue weighted by atomic mass is 10.3. The van der Waals surface area contributed by atoms with Crippen LogP contribution in [0.3, 0.4) is 0 Å². The summed E-state index contributed by atoms with van der Waals surface area (Å²) in [5.41, 5.74) is 1.40. The number of hydrogen-bond donors (Lipinski definition) is 1. The van der Waals surface area contributed by atoms with Crippen LogP contribution in [-0.2, 0) is 13.1 Å². The Kier molecular flexibility index (Phi) is 6.60. The van der Waals surface area contributed by atoms with E-state index >= 15 is 0 Å². The normalized spacial score (nSPS) is 10.8. The first-order chi connectivity index (χ1) is 7.36.